The molecular weight excluding hydrogens is 427 g/mol. The Balaban J connectivity index is 2.08. The summed E-state index contributed by atoms with van der Waals surface area (Å²) in [4.78, 5) is 28.2. The van der Waals surface area contributed by atoms with Crippen molar-refractivity contribution in [3.8, 4) is 11.4 Å². The number of nitrogens with zero attached hydrogens (tertiary/aromatic N) is 2. The number of fused-ring (bicyclic) bond motifs is 1. The highest BCUT2D eigenvalue weighted by atomic mass is 35.5. The lowest BCUT2D eigenvalue weighted by Crippen LogP contribution is -2.39. The molecule has 2 aromatic heterocycles. The number of rotatable bonds is 4. The van der Waals surface area contributed by atoms with Crippen molar-refractivity contribution in [1.82, 2.24) is 9.13 Å². The fourth-order valence-corrected chi connectivity index (χ4v) is 4.78. The number of aromatic nitrogens is 2. The molecule has 0 saturated carbocycles. The molecule has 0 fully saturated rings. The summed E-state index contributed by atoms with van der Waals surface area (Å²) in [6, 6.07) is 11.1. The van der Waals surface area contributed by atoms with Gasteiger partial charge in [0.25, 0.3) is 5.56 Å². The molecule has 4 rings (SSSR count). The summed E-state index contributed by atoms with van der Waals surface area (Å²) >= 11 is 7.55. The minimum atomic E-state index is -0.568. The first-order valence-corrected chi connectivity index (χ1v) is 10.4. The van der Waals surface area contributed by atoms with Crippen molar-refractivity contribution >= 4 is 33.2 Å². The van der Waals surface area contributed by atoms with Crippen molar-refractivity contribution in [3.63, 3.8) is 0 Å². The summed E-state index contributed by atoms with van der Waals surface area (Å²) in [6.45, 7) is 3.64. The molecule has 0 radical (unpaired) electrons. The van der Waals surface area contributed by atoms with Gasteiger partial charge in [0.1, 0.15) is 16.4 Å². The van der Waals surface area contributed by atoms with Crippen molar-refractivity contribution in [2.75, 3.05) is 7.11 Å². The zero-order valence-corrected chi connectivity index (χ0v) is 18.1. The molecule has 0 spiro atoms. The molecular formula is C22H18ClFN2O3S. The van der Waals surface area contributed by atoms with E-state index in [1.807, 2.05) is 13.8 Å². The van der Waals surface area contributed by atoms with Crippen LogP contribution in [0.2, 0.25) is 5.02 Å². The van der Waals surface area contributed by atoms with E-state index in [0.717, 1.165) is 15.0 Å². The molecule has 0 amide bonds. The molecule has 0 atom stereocenters. The van der Waals surface area contributed by atoms with Gasteiger partial charge in [-0.2, -0.15) is 0 Å². The number of halogens is 2. The van der Waals surface area contributed by atoms with Crippen LogP contribution in [0.4, 0.5) is 4.39 Å². The van der Waals surface area contributed by atoms with Crippen molar-refractivity contribution < 1.29 is 9.13 Å². The smallest absolute Gasteiger partial charge is 0.337 e. The van der Waals surface area contributed by atoms with E-state index in [1.54, 1.807) is 30.3 Å². The summed E-state index contributed by atoms with van der Waals surface area (Å²) in [5.74, 6) is 0.00694. The minimum Gasteiger partial charge on any atom is -0.497 e. The number of thiophene rings is 1. The molecule has 4 aromatic rings. The predicted octanol–water partition coefficient (Wildman–Crippen LogP) is 4.68. The third-order valence-corrected chi connectivity index (χ3v) is 6.72. The Morgan fingerprint density at radius 1 is 1.13 bits per heavy atom. The first kappa shape index (κ1) is 20.4. The molecule has 8 heteroatoms. The van der Waals surface area contributed by atoms with Gasteiger partial charge in [0.05, 0.1) is 24.7 Å². The number of methoxy groups -OCH3 is 1. The zero-order valence-electron chi connectivity index (χ0n) is 16.5. The third kappa shape index (κ3) is 3.24. The molecule has 0 aliphatic heterocycles. The second-order valence-corrected chi connectivity index (χ2v) is 8.48. The van der Waals surface area contributed by atoms with E-state index < -0.39 is 17.1 Å². The van der Waals surface area contributed by atoms with E-state index in [0.29, 0.717) is 21.7 Å². The van der Waals surface area contributed by atoms with Gasteiger partial charge < -0.3 is 4.74 Å². The molecule has 0 unspecified atom stereocenters. The van der Waals surface area contributed by atoms with E-state index >= 15 is 0 Å². The quantitative estimate of drug-likeness (QED) is 0.459. The fraction of sp³-hybridized carbons (Fsp3) is 0.182. The Bertz CT molecular complexity index is 1380. The average Bonchev–Trinajstić information content (AvgIpc) is 3.02. The monoisotopic (exact) mass is 444 g/mol. The fourth-order valence-electron chi connectivity index (χ4n) is 3.42. The summed E-state index contributed by atoms with van der Waals surface area (Å²) in [7, 11) is 1.51. The Kier molecular flexibility index (Phi) is 5.26. The number of hydrogen-bond donors (Lipinski definition) is 0. The van der Waals surface area contributed by atoms with Crippen LogP contribution in [0.3, 0.4) is 0 Å². The second-order valence-electron chi connectivity index (χ2n) is 6.87. The van der Waals surface area contributed by atoms with Crippen LogP contribution < -0.4 is 16.0 Å². The van der Waals surface area contributed by atoms with Gasteiger partial charge >= 0.3 is 5.69 Å². The normalized spacial score (nSPS) is 11.2. The number of benzene rings is 2. The highest BCUT2D eigenvalue weighted by molar-refractivity contribution is 7.18. The van der Waals surface area contributed by atoms with Crippen LogP contribution in [0.15, 0.2) is 52.1 Å². The maximum atomic E-state index is 14.5. The summed E-state index contributed by atoms with van der Waals surface area (Å²) < 4.78 is 22.2. The van der Waals surface area contributed by atoms with Crippen LogP contribution >= 0.6 is 22.9 Å². The van der Waals surface area contributed by atoms with E-state index in [9.17, 15) is 14.0 Å². The Morgan fingerprint density at radius 3 is 2.57 bits per heavy atom. The van der Waals surface area contributed by atoms with Gasteiger partial charge in [-0.05, 0) is 43.7 Å². The zero-order chi connectivity index (χ0) is 21.6. The van der Waals surface area contributed by atoms with E-state index in [2.05, 4.69) is 0 Å². The van der Waals surface area contributed by atoms with Crippen LogP contribution in [0.1, 0.15) is 16.0 Å². The molecule has 5 nitrogen and oxygen atoms in total. The highest BCUT2D eigenvalue weighted by Crippen LogP contribution is 2.29. The first-order chi connectivity index (χ1) is 14.3. The molecule has 0 aliphatic rings. The van der Waals surface area contributed by atoms with Gasteiger partial charge in [0.2, 0.25) is 0 Å². The Morgan fingerprint density at radius 2 is 1.87 bits per heavy atom. The van der Waals surface area contributed by atoms with Crippen molar-refractivity contribution in [3.05, 3.63) is 90.1 Å². The maximum Gasteiger partial charge on any atom is 0.337 e. The Hall–Kier alpha value is -2.90. The topological polar surface area (TPSA) is 53.2 Å². The molecule has 2 heterocycles. The lowest BCUT2D eigenvalue weighted by atomic mass is 10.2. The lowest BCUT2D eigenvalue weighted by molar-refractivity contribution is 0.414. The third-order valence-electron chi connectivity index (χ3n) is 5.14. The number of ether oxygens (including phenoxy) is 1. The van der Waals surface area contributed by atoms with Crippen molar-refractivity contribution in [1.29, 1.82) is 0 Å². The standard InChI is InChI=1S/C22H18ClFN2O3S/c1-12-13(2)30-21-19(12)20(27)26(14-6-4-7-15(10-14)29-3)22(28)25(21)11-16-17(23)8-5-9-18(16)24/h4-10H,11H2,1-3H3. The van der Waals surface area contributed by atoms with E-state index in [1.165, 1.54) is 35.1 Å². The molecule has 0 saturated heterocycles. The first-order valence-electron chi connectivity index (χ1n) is 9.16. The number of aryl methyl sites for hydroxylation is 2. The van der Waals surface area contributed by atoms with Crippen LogP contribution in [-0.2, 0) is 6.54 Å². The van der Waals surface area contributed by atoms with Crippen LogP contribution in [-0.4, -0.2) is 16.2 Å². The molecule has 0 N–H and O–H groups in total. The maximum absolute atomic E-state index is 14.5. The predicted molar refractivity (Wildman–Crippen MR) is 118 cm³/mol. The van der Waals surface area contributed by atoms with Gasteiger partial charge in [-0.3, -0.25) is 9.36 Å². The molecule has 154 valence electrons. The van der Waals surface area contributed by atoms with E-state index in [-0.39, 0.29) is 17.1 Å². The van der Waals surface area contributed by atoms with Crippen molar-refractivity contribution in [2.24, 2.45) is 0 Å². The highest BCUT2D eigenvalue weighted by Gasteiger charge is 2.21. The van der Waals surface area contributed by atoms with Gasteiger partial charge in [0, 0.05) is 21.5 Å². The molecule has 0 bridgehead atoms. The van der Waals surface area contributed by atoms with Crippen LogP contribution in [0, 0.1) is 19.7 Å². The molecule has 30 heavy (non-hydrogen) atoms. The van der Waals surface area contributed by atoms with Gasteiger partial charge in [-0.25, -0.2) is 13.8 Å². The van der Waals surface area contributed by atoms with Crippen LogP contribution in [0.25, 0.3) is 15.9 Å². The van der Waals surface area contributed by atoms with Gasteiger partial charge in [-0.1, -0.05) is 23.7 Å². The second kappa shape index (κ2) is 7.74. The SMILES string of the molecule is COc1cccc(-n2c(=O)c3c(C)c(C)sc3n(Cc3c(F)cccc3Cl)c2=O)c1. The summed E-state index contributed by atoms with van der Waals surface area (Å²) in [6.07, 6.45) is 0. The average molecular weight is 445 g/mol. The minimum absolute atomic E-state index is 0.0928. The number of hydrogen-bond acceptors (Lipinski definition) is 4. The lowest BCUT2D eigenvalue weighted by Gasteiger charge is -2.14. The summed E-state index contributed by atoms with van der Waals surface area (Å²) in [5.41, 5.74) is 0.386. The van der Waals surface area contributed by atoms with Crippen LogP contribution in [0.5, 0.6) is 5.75 Å². The van der Waals surface area contributed by atoms with Gasteiger partial charge in [0.15, 0.2) is 0 Å². The molecule has 2 aromatic carbocycles. The van der Waals surface area contributed by atoms with Crippen molar-refractivity contribution in [2.45, 2.75) is 20.4 Å². The van der Waals surface area contributed by atoms with Gasteiger partial charge in [-0.15, -0.1) is 11.3 Å². The Labute approximate surface area is 180 Å². The largest absolute Gasteiger partial charge is 0.497 e. The summed E-state index contributed by atoms with van der Waals surface area (Å²) in [5, 5.41) is 0.659. The molecule has 0 aliphatic carbocycles. The van der Waals surface area contributed by atoms with E-state index in [4.69, 9.17) is 16.3 Å².